The van der Waals surface area contributed by atoms with Gasteiger partial charge in [0.1, 0.15) is 0 Å². The standard InChI is InChI=1S/C18H16N2O2/c21-18(17-10-3-4-13-20(17)22)19-12-11-15-8-5-7-14-6-1-2-9-16(14)15/h1-10,13H,11-12H2,(H,19,21). The highest BCUT2D eigenvalue weighted by molar-refractivity contribution is 5.91. The number of rotatable bonds is 4. The second kappa shape index (κ2) is 6.26. The maximum Gasteiger partial charge on any atom is 0.317 e. The summed E-state index contributed by atoms with van der Waals surface area (Å²) in [5, 5.41) is 16.7. The molecule has 0 bridgehead atoms. The first-order valence-electron chi connectivity index (χ1n) is 7.19. The van der Waals surface area contributed by atoms with E-state index in [4.69, 9.17) is 0 Å². The summed E-state index contributed by atoms with van der Waals surface area (Å²) in [7, 11) is 0. The first kappa shape index (κ1) is 14.1. The topological polar surface area (TPSA) is 56.0 Å². The first-order valence-corrected chi connectivity index (χ1v) is 7.19. The van der Waals surface area contributed by atoms with Crippen molar-refractivity contribution in [2.45, 2.75) is 6.42 Å². The fraction of sp³-hybridized carbons (Fsp3) is 0.111. The minimum Gasteiger partial charge on any atom is -0.618 e. The van der Waals surface area contributed by atoms with E-state index in [1.165, 1.54) is 28.6 Å². The number of amides is 1. The molecule has 0 unspecified atom stereocenters. The molecule has 1 aromatic heterocycles. The lowest BCUT2D eigenvalue weighted by molar-refractivity contribution is -0.607. The maximum atomic E-state index is 12.0. The number of hydrogen-bond donors (Lipinski definition) is 1. The van der Waals surface area contributed by atoms with Crippen LogP contribution in [0.1, 0.15) is 16.1 Å². The molecule has 4 nitrogen and oxygen atoms in total. The van der Waals surface area contributed by atoms with Crippen LogP contribution >= 0.6 is 0 Å². The molecule has 0 atom stereocenters. The summed E-state index contributed by atoms with van der Waals surface area (Å²) < 4.78 is 0.577. The van der Waals surface area contributed by atoms with Crippen molar-refractivity contribution in [2.75, 3.05) is 6.54 Å². The number of hydrogen-bond acceptors (Lipinski definition) is 2. The Labute approximate surface area is 128 Å². The Hall–Kier alpha value is -2.88. The number of aromatic nitrogens is 1. The zero-order valence-electron chi connectivity index (χ0n) is 12.0. The smallest absolute Gasteiger partial charge is 0.317 e. The second-order valence-electron chi connectivity index (χ2n) is 5.06. The van der Waals surface area contributed by atoms with E-state index in [0.717, 1.165) is 6.42 Å². The summed E-state index contributed by atoms with van der Waals surface area (Å²) >= 11 is 0. The summed E-state index contributed by atoms with van der Waals surface area (Å²) in [6, 6.07) is 19.1. The highest BCUT2D eigenvalue weighted by Crippen LogP contribution is 2.18. The summed E-state index contributed by atoms with van der Waals surface area (Å²) in [5.74, 6) is -0.351. The fourth-order valence-corrected chi connectivity index (χ4v) is 2.52. The molecule has 0 radical (unpaired) electrons. The predicted molar refractivity (Wildman–Crippen MR) is 85.4 cm³/mol. The number of carbonyl (C=O) groups excluding carboxylic acids is 1. The fourth-order valence-electron chi connectivity index (χ4n) is 2.52. The molecule has 1 amide bonds. The van der Waals surface area contributed by atoms with Gasteiger partial charge in [-0.05, 0) is 28.8 Å². The molecule has 1 heterocycles. The summed E-state index contributed by atoms with van der Waals surface area (Å²) in [6.07, 6.45) is 2.04. The molecule has 0 aliphatic carbocycles. The van der Waals surface area contributed by atoms with Crippen LogP contribution in [0.2, 0.25) is 0 Å². The van der Waals surface area contributed by atoms with Crippen molar-refractivity contribution in [1.29, 1.82) is 0 Å². The van der Waals surface area contributed by atoms with Crippen LogP contribution in [-0.4, -0.2) is 12.5 Å². The number of fused-ring (bicyclic) bond motifs is 1. The van der Waals surface area contributed by atoms with Gasteiger partial charge in [0.05, 0.1) is 0 Å². The molecule has 1 N–H and O–H groups in total. The van der Waals surface area contributed by atoms with Gasteiger partial charge in [-0.2, -0.15) is 4.73 Å². The minimum atomic E-state index is -0.351. The molecule has 0 fully saturated rings. The molecule has 0 saturated carbocycles. The van der Waals surface area contributed by atoms with Gasteiger partial charge in [0.2, 0.25) is 0 Å². The van der Waals surface area contributed by atoms with Crippen molar-refractivity contribution in [3.05, 3.63) is 83.3 Å². The third-order valence-electron chi connectivity index (χ3n) is 3.62. The van der Waals surface area contributed by atoms with Gasteiger partial charge in [0.25, 0.3) is 5.69 Å². The molecular formula is C18H16N2O2. The van der Waals surface area contributed by atoms with Gasteiger partial charge < -0.3 is 10.5 Å². The monoisotopic (exact) mass is 292 g/mol. The Bertz CT molecular complexity index is 810. The van der Waals surface area contributed by atoms with Gasteiger partial charge in [0.15, 0.2) is 6.20 Å². The molecule has 2 aromatic carbocycles. The normalized spacial score (nSPS) is 10.5. The van der Waals surface area contributed by atoms with Crippen molar-refractivity contribution >= 4 is 16.7 Å². The Morgan fingerprint density at radius 2 is 1.77 bits per heavy atom. The van der Waals surface area contributed by atoms with Gasteiger partial charge in [0, 0.05) is 18.7 Å². The number of nitrogens with one attached hydrogen (secondary N) is 1. The Kier molecular flexibility index (Phi) is 4.01. The van der Waals surface area contributed by atoms with Crippen LogP contribution in [-0.2, 0) is 6.42 Å². The third kappa shape index (κ3) is 2.91. The second-order valence-corrected chi connectivity index (χ2v) is 5.06. The molecule has 0 spiro atoms. The summed E-state index contributed by atoms with van der Waals surface area (Å²) in [6.45, 7) is 0.488. The van der Waals surface area contributed by atoms with Crippen molar-refractivity contribution in [2.24, 2.45) is 0 Å². The van der Waals surface area contributed by atoms with Crippen LogP contribution in [0.25, 0.3) is 10.8 Å². The minimum absolute atomic E-state index is 0.111. The maximum absolute atomic E-state index is 12.0. The van der Waals surface area contributed by atoms with E-state index in [0.29, 0.717) is 11.3 Å². The quantitative estimate of drug-likeness (QED) is 0.593. The van der Waals surface area contributed by atoms with Crippen LogP contribution in [0.15, 0.2) is 66.9 Å². The van der Waals surface area contributed by atoms with Crippen molar-refractivity contribution in [3.8, 4) is 0 Å². The molecule has 3 aromatic rings. The highest BCUT2D eigenvalue weighted by atomic mass is 16.5. The number of pyridine rings is 1. The van der Waals surface area contributed by atoms with Gasteiger partial charge in [-0.15, -0.1) is 0 Å². The molecule has 0 aliphatic rings. The van der Waals surface area contributed by atoms with Gasteiger partial charge >= 0.3 is 5.91 Å². The van der Waals surface area contributed by atoms with Crippen molar-refractivity contribution in [1.82, 2.24) is 5.32 Å². The van der Waals surface area contributed by atoms with E-state index in [-0.39, 0.29) is 11.6 Å². The van der Waals surface area contributed by atoms with Crippen LogP contribution in [0, 0.1) is 5.21 Å². The van der Waals surface area contributed by atoms with E-state index < -0.39 is 0 Å². The predicted octanol–water partition coefficient (Wildman–Crippen LogP) is 2.45. The van der Waals surface area contributed by atoms with Gasteiger partial charge in [-0.25, -0.2) is 0 Å². The third-order valence-corrected chi connectivity index (χ3v) is 3.62. The lowest BCUT2D eigenvalue weighted by atomic mass is 10.0. The Balaban J connectivity index is 1.68. The molecule has 3 rings (SSSR count). The Morgan fingerprint density at radius 1 is 1.00 bits per heavy atom. The molecule has 4 heteroatoms. The lowest BCUT2D eigenvalue weighted by Gasteiger charge is -2.08. The van der Waals surface area contributed by atoms with E-state index in [2.05, 4.69) is 29.6 Å². The SMILES string of the molecule is O=C(NCCc1cccc2ccccc12)c1cccc[n+]1[O-]. The zero-order valence-corrected chi connectivity index (χ0v) is 12.0. The van der Waals surface area contributed by atoms with E-state index >= 15 is 0 Å². The zero-order chi connectivity index (χ0) is 15.4. The van der Waals surface area contributed by atoms with Crippen LogP contribution < -0.4 is 10.0 Å². The molecular weight excluding hydrogens is 276 g/mol. The average Bonchev–Trinajstić information content (AvgIpc) is 2.55. The lowest BCUT2D eigenvalue weighted by Crippen LogP contribution is -2.39. The van der Waals surface area contributed by atoms with Crippen LogP contribution in [0.5, 0.6) is 0 Å². The summed E-state index contributed by atoms with van der Waals surface area (Å²) in [4.78, 5) is 12.0. The van der Waals surface area contributed by atoms with Crippen LogP contribution in [0.4, 0.5) is 0 Å². The number of benzene rings is 2. The van der Waals surface area contributed by atoms with E-state index in [1.807, 2.05) is 18.2 Å². The first-order chi connectivity index (χ1) is 10.8. The molecule has 22 heavy (non-hydrogen) atoms. The van der Waals surface area contributed by atoms with E-state index in [9.17, 15) is 10.0 Å². The number of carbonyl (C=O) groups is 1. The van der Waals surface area contributed by atoms with Gasteiger partial charge in [-0.1, -0.05) is 42.5 Å². The molecule has 110 valence electrons. The molecule has 0 saturated heterocycles. The molecule has 0 aliphatic heterocycles. The largest absolute Gasteiger partial charge is 0.618 e. The number of nitrogens with zero attached hydrogens (tertiary/aromatic N) is 1. The van der Waals surface area contributed by atoms with Crippen LogP contribution in [0.3, 0.4) is 0 Å². The van der Waals surface area contributed by atoms with Crippen molar-refractivity contribution < 1.29 is 9.52 Å². The highest BCUT2D eigenvalue weighted by Gasteiger charge is 2.14. The average molecular weight is 292 g/mol. The van der Waals surface area contributed by atoms with Gasteiger partial charge in [-0.3, -0.25) is 4.79 Å². The Morgan fingerprint density at radius 3 is 2.64 bits per heavy atom. The van der Waals surface area contributed by atoms with Crippen molar-refractivity contribution in [3.63, 3.8) is 0 Å². The van der Waals surface area contributed by atoms with E-state index in [1.54, 1.807) is 12.1 Å². The summed E-state index contributed by atoms with van der Waals surface area (Å²) in [5.41, 5.74) is 1.29.